The van der Waals surface area contributed by atoms with Crippen LogP contribution in [0, 0.1) is 0 Å². The summed E-state index contributed by atoms with van der Waals surface area (Å²) >= 11 is 0. The van der Waals surface area contributed by atoms with Gasteiger partial charge in [-0.15, -0.1) is 0 Å². The fraction of sp³-hybridized carbons (Fsp3) is 0.389. The molecule has 0 spiro atoms. The second kappa shape index (κ2) is 11.6. The van der Waals surface area contributed by atoms with Gasteiger partial charge in [-0.05, 0) is 50.6 Å². The summed E-state index contributed by atoms with van der Waals surface area (Å²) in [4.78, 5) is 3.80. The van der Waals surface area contributed by atoms with E-state index in [0.29, 0.717) is 12.5 Å². The Morgan fingerprint density at radius 3 is 2.50 bits per heavy atom. The van der Waals surface area contributed by atoms with Crippen LogP contribution in [0.5, 0.6) is 11.6 Å². The first kappa shape index (κ1) is 18.0. The van der Waals surface area contributed by atoms with Gasteiger partial charge in [-0.3, -0.25) is 0 Å². The highest BCUT2D eigenvalue weighted by molar-refractivity contribution is 5.30. The third kappa shape index (κ3) is 7.64. The third-order valence-corrected chi connectivity index (χ3v) is 2.94. The summed E-state index contributed by atoms with van der Waals surface area (Å²) in [5.74, 6) is 0.384. The molecule has 0 saturated carbocycles. The average molecular weight is 302 g/mol. The van der Waals surface area contributed by atoms with E-state index in [1.54, 1.807) is 12.3 Å². The number of aromatic nitrogens is 1. The van der Waals surface area contributed by atoms with Gasteiger partial charge in [0.05, 0.1) is 6.61 Å². The van der Waals surface area contributed by atoms with Crippen LogP contribution in [0.2, 0.25) is 0 Å². The molecule has 0 aliphatic rings. The Labute approximate surface area is 133 Å². The molecule has 0 atom stereocenters. The van der Waals surface area contributed by atoms with Crippen LogP contribution in [0.15, 0.2) is 48.7 Å². The van der Waals surface area contributed by atoms with Gasteiger partial charge in [0.15, 0.2) is 5.75 Å². The molecule has 0 aliphatic heterocycles. The van der Waals surface area contributed by atoms with Crippen molar-refractivity contribution in [1.82, 2.24) is 10.3 Å². The van der Waals surface area contributed by atoms with Gasteiger partial charge in [0.25, 0.3) is 5.88 Å². The van der Waals surface area contributed by atoms with Crippen LogP contribution >= 0.6 is 0 Å². The summed E-state index contributed by atoms with van der Waals surface area (Å²) < 4.78 is 4.98. The maximum atomic E-state index is 9.05. The van der Waals surface area contributed by atoms with Crippen molar-refractivity contribution < 1.29 is 9.84 Å². The quantitative estimate of drug-likeness (QED) is 0.770. The number of nitrogens with zero attached hydrogens (tertiary/aromatic N) is 1. The molecule has 0 unspecified atom stereocenters. The maximum absolute atomic E-state index is 9.05. The minimum atomic E-state index is 0.0874. The molecule has 22 heavy (non-hydrogen) atoms. The first-order valence-electron chi connectivity index (χ1n) is 7.79. The number of nitrogens with one attached hydrogen (secondary N) is 1. The van der Waals surface area contributed by atoms with Crippen molar-refractivity contribution in [2.45, 2.75) is 26.7 Å². The highest BCUT2D eigenvalue weighted by Gasteiger charge is 1.98. The van der Waals surface area contributed by atoms with Crippen molar-refractivity contribution in [3.05, 3.63) is 54.2 Å². The fourth-order valence-electron chi connectivity index (χ4n) is 1.87. The molecule has 2 aromatic rings. The molecule has 120 valence electrons. The van der Waals surface area contributed by atoms with E-state index in [-0.39, 0.29) is 5.75 Å². The highest BCUT2D eigenvalue weighted by Crippen LogP contribution is 2.20. The summed E-state index contributed by atoms with van der Waals surface area (Å²) in [7, 11) is 0. The largest absolute Gasteiger partial charge is 0.503 e. The second-order valence-electron chi connectivity index (χ2n) is 4.70. The van der Waals surface area contributed by atoms with Crippen molar-refractivity contribution in [2.75, 3.05) is 19.7 Å². The lowest BCUT2D eigenvalue weighted by Gasteiger charge is -2.01. The molecule has 0 saturated heterocycles. The monoisotopic (exact) mass is 302 g/mol. The average Bonchev–Trinajstić information content (AvgIpc) is 2.56. The molecule has 0 bridgehead atoms. The number of pyridine rings is 1. The number of benzene rings is 1. The zero-order valence-electron chi connectivity index (χ0n) is 13.5. The molecule has 1 aromatic carbocycles. The lowest BCUT2D eigenvalue weighted by atomic mass is 10.1. The lowest BCUT2D eigenvalue weighted by molar-refractivity contribution is 0.305. The minimum absolute atomic E-state index is 0.0874. The van der Waals surface area contributed by atoms with E-state index < -0.39 is 0 Å². The van der Waals surface area contributed by atoms with E-state index >= 15 is 0 Å². The molecule has 1 heterocycles. The molecule has 2 N–H and O–H groups in total. The van der Waals surface area contributed by atoms with Crippen LogP contribution in [-0.2, 0) is 6.42 Å². The minimum Gasteiger partial charge on any atom is -0.503 e. The first-order chi connectivity index (χ1) is 10.8. The van der Waals surface area contributed by atoms with Gasteiger partial charge in [0.2, 0.25) is 0 Å². The normalized spacial score (nSPS) is 9.73. The molecular weight excluding hydrogens is 276 g/mol. The molecule has 0 amide bonds. The number of rotatable bonds is 7. The SMILES string of the molecule is CCNCCCc1ccccc1.CCOc1ncccc1O. The summed E-state index contributed by atoms with van der Waals surface area (Å²) in [5.41, 5.74) is 1.44. The Morgan fingerprint density at radius 2 is 1.86 bits per heavy atom. The van der Waals surface area contributed by atoms with Crippen molar-refractivity contribution in [3.8, 4) is 11.6 Å². The first-order valence-corrected chi connectivity index (χ1v) is 7.79. The van der Waals surface area contributed by atoms with Crippen LogP contribution in [0.4, 0.5) is 0 Å². The highest BCUT2D eigenvalue weighted by atomic mass is 16.5. The molecule has 1 aromatic heterocycles. The van der Waals surface area contributed by atoms with E-state index in [2.05, 4.69) is 47.6 Å². The molecule has 0 radical (unpaired) electrons. The smallest absolute Gasteiger partial charge is 0.256 e. The number of hydrogen-bond donors (Lipinski definition) is 2. The molecule has 2 rings (SSSR count). The number of hydrogen-bond acceptors (Lipinski definition) is 4. The van der Waals surface area contributed by atoms with Gasteiger partial charge in [0.1, 0.15) is 0 Å². The fourth-order valence-corrected chi connectivity index (χ4v) is 1.87. The maximum Gasteiger partial charge on any atom is 0.256 e. The predicted molar refractivity (Wildman–Crippen MR) is 90.4 cm³/mol. The summed E-state index contributed by atoms with van der Waals surface area (Å²) in [6.07, 6.45) is 4.00. The Balaban J connectivity index is 0.000000224. The van der Waals surface area contributed by atoms with Gasteiger partial charge in [-0.25, -0.2) is 4.98 Å². The Hall–Kier alpha value is -2.07. The zero-order chi connectivity index (χ0) is 16.0. The Morgan fingerprint density at radius 1 is 1.09 bits per heavy atom. The van der Waals surface area contributed by atoms with Crippen molar-refractivity contribution in [1.29, 1.82) is 0 Å². The van der Waals surface area contributed by atoms with Gasteiger partial charge in [0, 0.05) is 6.20 Å². The van der Waals surface area contributed by atoms with E-state index in [4.69, 9.17) is 9.84 Å². The van der Waals surface area contributed by atoms with E-state index in [1.807, 2.05) is 6.92 Å². The van der Waals surface area contributed by atoms with E-state index in [1.165, 1.54) is 24.5 Å². The molecule has 4 heteroatoms. The van der Waals surface area contributed by atoms with Crippen molar-refractivity contribution in [3.63, 3.8) is 0 Å². The molecule has 0 fully saturated rings. The van der Waals surface area contributed by atoms with Crippen molar-refractivity contribution in [2.24, 2.45) is 0 Å². The van der Waals surface area contributed by atoms with Crippen molar-refractivity contribution >= 4 is 0 Å². The molecule has 4 nitrogen and oxygen atoms in total. The Kier molecular flexibility index (Phi) is 9.46. The topological polar surface area (TPSA) is 54.4 Å². The summed E-state index contributed by atoms with van der Waals surface area (Å²) in [6.45, 7) is 6.71. The third-order valence-electron chi connectivity index (χ3n) is 2.94. The van der Waals surface area contributed by atoms with Crippen LogP contribution in [0.25, 0.3) is 0 Å². The summed E-state index contributed by atoms with van der Waals surface area (Å²) in [5, 5.41) is 12.4. The zero-order valence-corrected chi connectivity index (χ0v) is 13.5. The lowest BCUT2D eigenvalue weighted by Crippen LogP contribution is -2.14. The molecular formula is C18H26N2O2. The van der Waals surface area contributed by atoms with E-state index in [9.17, 15) is 0 Å². The van der Waals surface area contributed by atoms with Gasteiger partial charge in [-0.1, -0.05) is 37.3 Å². The number of ether oxygens (including phenoxy) is 1. The van der Waals surface area contributed by atoms with E-state index in [0.717, 1.165) is 13.1 Å². The van der Waals surface area contributed by atoms with Gasteiger partial charge < -0.3 is 15.2 Å². The number of aromatic hydroxyl groups is 1. The molecule has 0 aliphatic carbocycles. The Bertz CT molecular complexity index is 503. The second-order valence-corrected chi connectivity index (χ2v) is 4.70. The van der Waals surface area contributed by atoms with Crippen LogP contribution in [-0.4, -0.2) is 29.8 Å². The van der Waals surface area contributed by atoms with Crippen LogP contribution < -0.4 is 10.1 Å². The van der Waals surface area contributed by atoms with Crippen LogP contribution in [0.1, 0.15) is 25.8 Å². The standard InChI is InChI=1S/C11H17N.C7H9NO2/c1-2-12-10-6-9-11-7-4-3-5-8-11;1-2-10-7-6(9)4-3-5-8-7/h3-5,7-8,12H,2,6,9-10H2,1H3;3-5,9H,2H2,1H3. The summed E-state index contributed by atoms with van der Waals surface area (Å²) in [6, 6.07) is 13.8. The van der Waals surface area contributed by atoms with Crippen LogP contribution in [0.3, 0.4) is 0 Å². The number of aryl methyl sites for hydroxylation is 1. The predicted octanol–water partition coefficient (Wildman–Crippen LogP) is 3.41. The van der Waals surface area contributed by atoms with Gasteiger partial charge >= 0.3 is 0 Å². The van der Waals surface area contributed by atoms with Gasteiger partial charge in [-0.2, -0.15) is 0 Å².